The first kappa shape index (κ1) is 23.0. The van der Waals surface area contributed by atoms with E-state index >= 15 is 0 Å². The fourth-order valence-corrected chi connectivity index (χ4v) is 6.28. The fourth-order valence-electron chi connectivity index (χ4n) is 4.28. The summed E-state index contributed by atoms with van der Waals surface area (Å²) in [7, 11) is 0. The molecular weight excluding hydrogens is 514 g/mol. The van der Waals surface area contributed by atoms with Gasteiger partial charge in [-0.2, -0.15) is 0 Å². The van der Waals surface area contributed by atoms with E-state index in [0.717, 1.165) is 21.2 Å². The molecule has 0 saturated heterocycles. The predicted octanol–water partition coefficient (Wildman–Crippen LogP) is 6.65. The van der Waals surface area contributed by atoms with Crippen molar-refractivity contribution >= 4 is 56.7 Å². The molecule has 0 N–H and O–H groups in total. The number of hydrogen-bond acceptors (Lipinski definition) is 7. The maximum absolute atomic E-state index is 13.7. The summed E-state index contributed by atoms with van der Waals surface area (Å²) in [5, 5.41) is 9.83. The number of anilines is 1. The van der Waals surface area contributed by atoms with Crippen LogP contribution < -0.4 is 10.3 Å². The van der Waals surface area contributed by atoms with Crippen LogP contribution in [0.15, 0.2) is 86.3 Å². The van der Waals surface area contributed by atoms with Gasteiger partial charge in [0.05, 0.1) is 17.0 Å². The number of nitrogens with zero attached hydrogens (tertiary/aromatic N) is 3. The molecule has 1 amide bonds. The molecule has 6 nitrogen and oxygen atoms in total. The Balaban J connectivity index is 1.45. The number of aryl methyl sites for hydroxylation is 1. The van der Waals surface area contributed by atoms with Crippen LogP contribution in [-0.4, -0.2) is 16.1 Å². The first-order chi connectivity index (χ1) is 17.5. The molecule has 1 atom stereocenters. The molecule has 178 valence electrons. The fraction of sp³-hybridized carbons (Fsp3) is 0.111. The summed E-state index contributed by atoms with van der Waals surface area (Å²) in [5.74, 6) is 0.339. The molecule has 0 fully saturated rings. The number of carbonyl (C=O) groups excluding carboxylic acids is 1. The molecule has 3 aromatic carbocycles. The van der Waals surface area contributed by atoms with Crippen LogP contribution in [-0.2, 0) is 5.75 Å². The molecule has 1 aliphatic rings. The minimum atomic E-state index is -0.687. The number of benzene rings is 3. The molecule has 0 bridgehead atoms. The zero-order chi connectivity index (χ0) is 24.8. The summed E-state index contributed by atoms with van der Waals surface area (Å²) in [6.45, 7) is 1.99. The Hall–Kier alpha value is -3.46. The van der Waals surface area contributed by atoms with Gasteiger partial charge in [-0.1, -0.05) is 94.9 Å². The van der Waals surface area contributed by atoms with Crippen LogP contribution in [0.5, 0.6) is 0 Å². The molecule has 36 heavy (non-hydrogen) atoms. The Kier molecular flexibility index (Phi) is 5.87. The molecule has 2 aromatic heterocycles. The molecule has 0 radical (unpaired) electrons. The Bertz CT molecular complexity index is 1670. The number of carbonyl (C=O) groups is 1. The molecule has 6 rings (SSSR count). The molecule has 3 heterocycles. The first-order valence-corrected chi connectivity index (χ1v) is 13.3. The van der Waals surface area contributed by atoms with Crippen LogP contribution in [0.3, 0.4) is 0 Å². The van der Waals surface area contributed by atoms with Crippen molar-refractivity contribution in [3.63, 3.8) is 0 Å². The minimum absolute atomic E-state index is 0.0223. The number of fused-ring (bicyclic) bond motifs is 2. The van der Waals surface area contributed by atoms with Gasteiger partial charge in [0.1, 0.15) is 5.58 Å². The van der Waals surface area contributed by atoms with Crippen LogP contribution in [0.25, 0.3) is 11.0 Å². The highest BCUT2D eigenvalue weighted by Crippen LogP contribution is 2.43. The number of rotatable bonds is 5. The van der Waals surface area contributed by atoms with Crippen LogP contribution in [0, 0.1) is 6.92 Å². The highest BCUT2D eigenvalue weighted by molar-refractivity contribution is 8.00. The molecule has 1 unspecified atom stereocenters. The zero-order valence-electron chi connectivity index (χ0n) is 19.0. The van der Waals surface area contributed by atoms with E-state index in [9.17, 15) is 9.59 Å². The lowest BCUT2D eigenvalue weighted by molar-refractivity contribution is 0.0970. The normalized spacial score (nSPS) is 15.0. The number of amides is 1. The molecule has 5 aromatic rings. The maximum Gasteiger partial charge on any atom is 0.297 e. The van der Waals surface area contributed by atoms with E-state index in [1.165, 1.54) is 21.8 Å². The van der Waals surface area contributed by atoms with Crippen LogP contribution in [0.2, 0.25) is 5.02 Å². The van der Waals surface area contributed by atoms with Crippen molar-refractivity contribution < 1.29 is 9.21 Å². The van der Waals surface area contributed by atoms with Crippen LogP contribution in [0.4, 0.5) is 5.13 Å². The third-order valence-corrected chi connectivity index (χ3v) is 8.39. The summed E-state index contributed by atoms with van der Waals surface area (Å²) >= 11 is 9.04. The van der Waals surface area contributed by atoms with Crippen molar-refractivity contribution in [2.75, 3.05) is 4.90 Å². The van der Waals surface area contributed by atoms with Gasteiger partial charge in [-0.05, 0) is 36.2 Å². The number of hydrogen-bond donors (Lipinski definition) is 0. The van der Waals surface area contributed by atoms with Crippen molar-refractivity contribution in [3.05, 3.63) is 116 Å². The van der Waals surface area contributed by atoms with Crippen molar-refractivity contribution in [1.82, 2.24) is 10.2 Å². The SMILES string of the molecule is Cc1ccc(C2c3c(oc4ccc(Cl)cc4c3=O)C(=O)N2c2nnc(SCc3ccccc3)s2)cc1. The summed E-state index contributed by atoms with van der Waals surface area (Å²) in [6.07, 6.45) is 0. The highest BCUT2D eigenvalue weighted by atomic mass is 35.5. The van der Waals surface area contributed by atoms with Gasteiger partial charge in [0.2, 0.25) is 10.9 Å². The Labute approximate surface area is 219 Å². The molecule has 0 spiro atoms. The van der Waals surface area contributed by atoms with Gasteiger partial charge < -0.3 is 4.42 Å². The largest absolute Gasteiger partial charge is 0.450 e. The predicted molar refractivity (Wildman–Crippen MR) is 143 cm³/mol. The zero-order valence-corrected chi connectivity index (χ0v) is 21.4. The Morgan fingerprint density at radius 1 is 1.03 bits per heavy atom. The summed E-state index contributed by atoms with van der Waals surface area (Å²) in [4.78, 5) is 28.9. The number of halogens is 1. The van der Waals surface area contributed by atoms with E-state index in [1.807, 2.05) is 49.4 Å². The summed E-state index contributed by atoms with van der Waals surface area (Å²) < 4.78 is 6.73. The van der Waals surface area contributed by atoms with Gasteiger partial charge in [-0.25, -0.2) is 0 Å². The average molecular weight is 532 g/mol. The van der Waals surface area contributed by atoms with E-state index in [1.54, 1.807) is 30.0 Å². The van der Waals surface area contributed by atoms with E-state index in [-0.39, 0.29) is 16.8 Å². The van der Waals surface area contributed by atoms with Gasteiger partial charge in [0.15, 0.2) is 9.77 Å². The maximum atomic E-state index is 13.7. The van der Waals surface area contributed by atoms with Gasteiger partial charge >= 0.3 is 0 Å². The number of thioether (sulfide) groups is 1. The van der Waals surface area contributed by atoms with Crippen molar-refractivity contribution in [2.24, 2.45) is 0 Å². The van der Waals surface area contributed by atoms with E-state index < -0.39 is 11.9 Å². The summed E-state index contributed by atoms with van der Waals surface area (Å²) in [5.41, 5.74) is 3.35. The second kappa shape index (κ2) is 9.20. The second-order valence-corrected chi connectivity index (χ2v) is 11.0. The third-order valence-electron chi connectivity index (χ3n) is 6.03. The van der Waals surface area contributed by atoms with Crippen LogP contribution in [0.1, 0.15) is 38.9 Å². The molecule has 0 saturated carbocycles. The van der Waals surface area contributed by atoms with Crippen molar-refractivity contribution in [1.29, 1.82) is 0 Å². The van der Waals surface area contributed by atoms with E-state index in [0.29, 0.717) is 21.1 Å². The molecule has 0 aliphatic carbocycles. The molecule has 9 heteroatoms. The van der Waals surface area contributed by atoms with Gasteiger partial charge in [-0.15, -0.1) is 10.2 Å². The standard InChI is InChI=1S/C27H18ClN3O3S2/c1-15-7-9-17(10-8-15)22-21-23(32)19-13-18(28)11-12-20(19)34-24(21)25(33)31(22)26-29-30-27(36-26)35-14-16-5-3-2-4-6-16/h2-13,22H,14H2,1H3. The van der Waals surface area contributed by atoms with Gasteiger partial charge in [0, 0.05) is 10.8 Å². The quantitative estimate of drug-likeness (QED) is 0.187. The lowest BCUT2D eigenvalue weighted by Gasteiger charge is -2.22. The topological polar surface area (TPSA) is 76.3 Å². The van der Waals surface area contributed by atoms with Crippen molar-refractivity contribution in [3.8, 4) is 0 Å². The Morgan fingerprint density at radius 2 is 1.81 bits per heavy atom. The highest BCUT2D eigenvalue weighted by Gasteiger charge is 2.45. The smallest absolute Gasteiger partial charge is 0.297 e. The Morgan fingerprint density at radius 3 is 2.58 bits per heavy atom. The monoisotopic (exact) mass is 531 g/mol. The number of aromatic nitrogens is 2. The van der Waals surface area contributed by atoms with Gasteiger partial charge in [-0.3, -0.25) is 14.5 Å². The van der Waals surface area contributed by atoms with Gasteiger partial charge in [0.25, 0.3) is 5.91 Å². The van der Waals surface area contributed by atoms with Crippen LogP contribution >= 0.6 is 34.7 Å². The lowest BCUT2D eigenvalue weighted by Crippen LogP contribution is -2.29. The lowest BCUT2D eigenvalue weighted by atomic mass is 9.98. The average Bonchev–Trinajstić information content (AvgIpc) is 3.47. The third kappa shape index (κ3) is 4.01. The molecular formula is C27H18ClN3O3S2. The van der Waals surface area contributed by atoms with Crippen molar-refractivity contribution in [2.45, 2.75) is 23.1 Å². The molecule has 1 aliphatic heterocycles. The van der Waals surface area contributed by atoms with E-state index in [4.69, 9.17) is 16.0 Å². The minimum Gasteiger partial charge on any atom is -0.450 e. The first-order valence-electron chi connectivity index (χ1n) is 11.2. The summed E-state index contributed by atoms with van der Waals surface area (Å²) in [6, 6.07) is 22.0. The van der Waals surface area contributed by atoms with E-state index in [2.05, 4.69) is 22.3 Å². The second-order valence-electron chi connectivity index (χ2n) is 8.43.